The highest BCUT2D eigenvalue weighted by molar-refractivity contribution is 7.89. The van der Waals surface area contributed by atoms with Crippen molar-refractivity contribution in [2.45, 2.75) is 31.7 Å². The van der Waals surface area contributed by atoms with Crippen molar-refractivity contribution in [2.75, 3.05) is 5.73 Å². The molecule has 5 heteroatoms. The van der Waals surface area contributed by atoms with E-state index in [1.165, 1.54) is 0 Å². The zero-order chi connectivity index (χ0) is 15.6. The van der Waals surface area contributed by atoms with Crippen LogP contribution in [0.5, 0.6) is 0 Å². The normalized spacial score (nSPS) is 13.1. The van der Waals surface area contributed by atoms with Crippen LogP contribution in [-0.2, 0) is 10.0 Å². The van der Waals surface area contributed by atoms with Crippen LogP contribution in [0.25, 0.3) is 0 Å². The Labute approximate surface area is 126 Å². The molecule has 21 heavy (non-hydrogen) atoms. The van der Waals surface area contributed by atoms with Crippen LogP contribution in [-0.4, -0.2) is 8.42 Å². The highest BCUT2D eigenvalue weighted by Crippen LogP contribution is 2.26. The Morgan fingerprint density at radius 3 is 2.29 bits per heavy atom. The van der Waals surface area contributed by atoms with Gasteiger partial charge in [-0.25, -0.2) is 13.1 Å². The van der Waals surface area contributed by atoms with Gasteiger partial charge in [-0.15, -0.1) is 0 Å². The smallest absolute Gasteiger partial charge is 0.243 e. The second kappa shape index (κ2) is 5.87. The Hall–Kier alpha value is -1.85. The van der Waals surface area contributed by atoms with Crippen LogP contribution in [0.3, 0.4) is 0 Å². The van der Waals surface area contributed by atoms with E-state index in [2.05, 4.69) is 4.72 Å². The average molecular weight is 304 g/mol. The second-order valence-corrected chi connectivity index (χ2v) is 6.83. The summed E-state index contributed by atoms with van der Waals surface area (Å²) in [6.07, 6.45) is 0. The van der Waals surface area contributed by atoms with Gasteiger partial charge in [-0.1, -0.05) is 36.4 Å². The number of aryl methyl sites for hydroxylation is 1. The third kappa shape index (κ3) is 3.25. The van der Waals surface area contributed by atoms with Gasteiger partial charge in [0, 0.05) is 6.04 Å². The average Bonchev–Trinajstić information content (AvgIpc) is 2.43. The van der Waals surface area contributed by atoms with Gasteiger partial charge in [0.15, 0.2) is 0 Å². The highest BCUT2D eigenvalue weighted by Gasteiger charge is 2.23. The first kappa shape index (κ1) is 15.5. The number of hydrogen-bond acceptors (Lipinski definition) is 3. The van der Waals surface area contributed by atoms with Gasteiger partial charge in [0.2, 0.25) is 10.0 Å². The van der Waals surface area contributed by atoms with Crippen LogP contribution in [0.2, 0.25) is 0 Å². The molecule has 2 aromatic carbocycles. The maximum absolute atomic E-state index is 12.6. The largest absolute Gasteiger partial charge is 0.398 e. The van der Waals surface area contributed by atoms with E-state index in [1.54, 1.807) is 13.0 Å². The van der Waals surface area contributed by atoms with E-state index in [0.717, 1.165) is 11.1 Å². The molecule has 0 radical (unpaired) electrons. The van der Waals surface area contributed by atoms with Crippen LogP contribution >= 0.6 is 0 Å². The molecule has 2 aromatic rings. The molecule has 0 spiro atoms. The summed E-state index contributed by atoms with van der Waals surface area (Å²) >= 11 is 0. The van der Waals surface area contributed by atoms with E-state index in [0.29, 0.717) is 5.56 Å². The topological polar surface area (TPSA) is 72.2 Å². The number of rotatable bonds is 4. The molecule has 2 rings (SSSR count). The van der Waals surface area contributed by atoms with Crippen LogP contribution in [0.15, 0.2) is 47.4 Å². The fraction of sp³-hybridized carbons (Fsp3) is 0.250. The van der Waals surface area contributed by atoms with Gasteiger partial charge in [0.1, 0.15) is 4.90 Å². The van der Waals surface area contributed by atoms with Crippen molar-refractivity contribution >= 4 is 15.7 Å². The molecule has 0 aliphatic carbocycles. The molecule has 0 saturated heterocycles. The Kier molecular flexibility index (Phi) is 4.34. The minimum Gasteiger partial charge on any atom is -0.398 e. The van der Waals surface area contributed by atoms with Gasteiger partial charge in [-0.05, 0) is 43.5 Å². The minimum atomic E-state index is -3.67. The van der Waals surface area contributed by atoms with Gasteiger partial charge in [-0.2, -0.15) is 0 Å². The predicted octanol–water partition coefficient (Wildman–Crippen LogP) is 2.93. The molecule has 0 bridgehead atoms. The number of hydrogen-bond donors (Lipinski definition) is 2. The minimum absolute atomic E-state index is 0.172. The molecule has 0 fully saturated rings. The molecule has 0 saturated carbocycles. The lowest BCUT2D eigenvalue weighted by atomic mass is 10.1. The van der Waals surface area contributed by atoms with Crippen LogP contribution in [0, 0.1) is 13.8 Å². The lowest BCUT2D eigenvalue weighted by Crippen LogP contribution is -2.28. The summed E-state index contributed by atoms with van der Waals surface area (Å²) in [5.41, 5.74) is 8.63. The Morgan fingerprint density at radius 1 is 1.05 bits per heavy atom. The highest BCUT2D eigenvalue weighted by atomic mass is 32.2. The summed E-state index contributed by atoms with van der Waals surface area (Å²) in [5, 5.41) is 0. The first-order valence-electron chi connectivity index (χ1n) is 6.76. The maximum Gasteiger partial charge on any atom is 0.243 e. The standard InChI is InChI=1S/C16H20N2O2S/c1-11-9-10-15(17)16(12(11)2)21(19,20)18-13(3)14-7-5-4-6-8-14/h4-10,13,18H,17H2,1-3H3/t13-/m0/s1. The van der Waals surface area contributed by atoms with E-state index in [1.807, 2.05) is 50.2 Å². The number of nitrogen functional groups attached to an aromatic ring is 1. The van der Waals surface area contributed by atoms with Crippen molar-refractivity contribution < 1.29 is 8.42 Å². The molecule has 3 N–H and O–H groups in total. The van der Waals surface area contributed by atoms with Crippen molar-refractivity contribution in [3.63, 3.8) is 0 Å². The molecule has 112 valence electrons. The number of sulfonamides is 1. The lowest BCUT2D eigenvalue weighted by Gasteiger charge is -2.18. The van der Waals surface area contributed by atoms with E-state index >= 15 is 0 Å². The van der Waals surface area contributed by atoms with Crippen molar-refractivity contribution in [1.82, 2.24) is 4.72 Å². The monoisotopic (exact) mass is 304 g/mol. The van der Waals surface area contributed by atoms with Crippen molar-refractivity contribution in [3.8, 4) is 0 Å². The summed E-state index contributed by atoms with van der Waals surface area (Å²) in [6.45, 7) is 5.45. The predicted molar refractivity (Wildman–Crippen MR) is 85.5 cm³/mol. The number of benzene rings is 2. The molecule has 0 heterocycles. The number of nitrogens with two attached hydrogens (primary N) is 1. The van der Waals surface area contributed by atoms with Gasteiger partial charge in [0.25, 0.3) is 0 Å². The van der Waals surface area contributed by atoms with E-state index in [-0.39, 0.29) is 16.6 Å². The van der Waals surface area contributed by atoms with E-state index in [4.69, 9.17) is 5.73 Å². The summed E-state index contributed by atoms with van der Waals surface area (Å²) in [5.74, 6) is 0. The fourth-order valence-corrected chi connectivity index (χ4v) is 3.93. The van der Waals surface area contributed by atoms with E-state index in [9.17, 15) is 8.42 Å². The van der Waals surface area contributed by atoms with Gasteiger partial charge >= 0.3 is 0 Å². The molecule has 0 unspecified atom stereocenters. The molecular formula is C16H20N2O2S. The fourth-order valence-electron chi connectivity index (χ4n) is 2.27. The van der Waals surface area contributed by atoms with Gasteiger partial charge in [-0.3, -0.25) is 0 Å². The van der Waals surface area contributed by atoms with Crippen molar-refractivity contribution in [2.24, 2.45) is 0 Å². The molecule has 0 aliphatic heterocycles. The van der Waals surface area contributed by atoms with Gasteiger partial charge in [0.05, 0.1) is 5.69 Å². The Balaban J connectivity index is 2.38. The molecule has 0 amide bonds. The Bertz CT molecular complexity index is 740. The molecular weight excluding hydrogens is 284 g/mol. The number of nitrogens with one attached hydrogen (secondary N) is 1. The molecule has 0 aromatic heterocycles. The molecule has 0 aliphatic rings. The van der Waals surface area contributed by atoms with E-state index < -0.39 is 10.0 Å². The van der Waals surface area contributed by atoms with Crippen molar-refractivity contribution in [3.05, 3.63) is 59.2 Å². The lowest BCUT2D eigenvalue weighted by molar-refractivity contribution is 0.566. The Morgan fingerprint density at radius 2 is 1.67 bits per heavy atom. The third-order valence-corrected chi connectivity index (χ3v) is 5.35. The first-order valence-corrected chi connectivity index (χ1v) is 8.24. The summed E-state index contributed by atoms with van der Waals surface area (Å²) in [7, 11) is -3.67. The zero-order valence-electron chi connectivity index (χ0n) is 12.4. The number of anilines is 1. The maximum atomic E-state index is 12.6. The van der Waals surface area contributed by atoms with Crippen molar-refractivity contribution in [1.29, 1.82) is 0 Å². The zero-order valence-corrected chi connectivity index (χ0v) is 13.2. The third-order valence-electron chi connectivity index (χ3n) is 3.61. The molecule has 4 nitrogen and oxygen atoms in total. The van der Waals surface area contributed by atoms with Gasteiger partial charge < -0.3 is 5.73 Å². The quantitative estimate of drug-likeness (QED) is 0.853. The second-order valence-electron chi connectivity index (χ2n) is 5.18. The first-order chi connectivity index (χ1) is 9.83. The summed E-state index contributed by atoms with van der Waals surface area (Å²) in [6, 6.07) is 12.6. The molecule has 1 atom stereocenters. The van der Waals surface area contributed by atoms with Crippen LogP contribution in [0.1, 0.15) is 29.7 Å². The van der Waals surface area contributed by atoms with Crippen LogP contribution in [0.4, 0.5) is 5.69 Å². The van der Waals surface area contributed by atoms with Crippen LogP contribution < -0.4 is 10.5 Å². The summed E-state index contributed by atoms with van der Waals surface area (Å²) in [4.78, 5) is 0.172. The summed E-state index contributed by atoms with van der Waals surface area (Å²) < 4.78 is 27.9. The SMILES string of the molecule is Cc1ccc(N)c(S(=O)(=O)N[C@@H](C)c2ccccc2)c1C.